The Morgan fingerprint density at radius 2 is 1.83 bits per heavy atom. The standard InChI is InChI=1S/C18H30N4.HI/c1-3-21(2)15-17-10-8-9-16(13-17)14-20-18(19)22-11-6-4-5-7-12-22;/h8-10,13H,3-7,11-12,14-15H2,1-2H3,(H2,19,20);1H. The third kappa shape index (κ3) is 7.08. The Kier molecular flexibility index (Phi) is 9.55. The lowest BCUT2D eigenvalue weighted by atomic mass is 10.1. The Bertz CT molecular complexity index is 482. The van der Waals surface area contributed by atoms with Gasteiger partial charge in [-0.15, -0.1) is 24.0 Å². The van der Waals surface area contributed by atoms with Gasteiger partial charge in [0.15, 0.2) is 5.96 Å². The molecule has 4 nitrogen and oxygen atoms in total. The van der Waals surface area contributed by atoms with Gasteiger partial charge >= 0.3 is 0 Å². The average Bonchev–Trinajstić information content (AvgIpc) is 2.82. The highest BCUT2D eigenvalue weighted by Crippen LogP contribution is 2.11. The molecule has 1 aromatic carbocycles. The summed E-state index contributed by atoms with van der Waals surface area (Å²) in [6.07, 6.45) is 5.09. The molecule has 2 N–H and O–H groups in total. The number of likely N-dealkylation sites (tertiary alicyclic amines) is 1. The van der Waals surface area contributed by atoms with Gasteiger partial charge in [0.05, 0.1) is 6.54 Å². The molecule has 5 heteroatoms. The maximum atomic E-state index is 6.17. The Morgan fingerprint density at radius 3 is 2.48 bits per heavy atom. The normalized spacial score (nSPS) is 16.1. The Balaban J connectivity index is 0.00000264. The number of rotatable bonds is 5. The molecule has 23 heavy (non-hydrogen) atoms. The molecule has 1 fully saturated rings. The molecule has 0 unspecified atom stereocenters. The molecule has 1 aromatic rings. The van der Waals surface area contributed by atoms with E-state index >= 15 is 0 Å². The summed E-state index contributed by atoms with van der Waals surface area (Å²) in [6.45, 7) is 7.00. The summed E-state index contributed by atoms with van der Waals surface area (Å²) in [4.78, 5) is 9.14. The largest absolute Gasteiger partial charge is 0.370 e. The van der Waals surface area contributed by atoms with E-state index in [0.29, 0.717) is 12.5 Å². The first-order valence-electron chi connectivity index (χ1n) is 8.50. The van der Waals surface area contributed by atoms with Crippen molar-refractivity contribution in [1.82, 2.24) is 9.80 Å². The zero-order valence-corrected chi connectivity index (χ0v) is 16.8. The van der Waals surface area contributed by atoms with Gasteiger partial charge in [-0.2, -0.15) is 0 Å². The number of halogens is 1. The molecule has 0 radical (unpaired) electrons. The van der Waals surface area contributed by atoms with Crippen molar-refractivity contribution < 1.29 is 0 Å². The Labute approximate surface area is 158 Å². The average molecular weight is 430 g/mol. The molecule has 0 saturated carbocycles. The van der Waals surface area contributed by atoms with Crippen LogP contribution in [0.2, 0.25) is 0 Å². The number of hydrogen-bond acceptors (Lipinski definition) is 2. The van der Waals surface area contributed by atoms with Crippen molar-refractivity contribution in [2.24, 2.45) is 10.7 Å². The minimum Gasteiger partial charge on any atom is -0.370 e. The Hall–Kier alpha value is -0.820. The smallest absolute Gasteiger partial charge is 0.191 e. The van der Waals surface area contributed by atoms with Crippen molar-refractivity contribution in [3.63, 3.8) is 0 Å². The van der Waals surface area contributed by atoms with Crippen LogP contribution in [0.25, 0.3) is 0 Å². The van der Waals surface area contributed by atoms with Crippen molar-refractivity contribution in [3.8, 4) is 0 Å². The topological polar surface area (TPSA) is 44.9 Å². The van der Waals surface area contributed by atoms with Crippen LogP contribution in [0.3, 0.4) is 0 Å². The summed E-state index contributed by atoms with van der Waals surface area (Å²) in [5.74, 6) is 0.706. The molecule has 1 saturated heterocycles. The minimum absolute atomic E-state index is 0. The third-order valence-electron chi connectivity index (χ3n) is 4.34. The molecular formula is C18H31IN4. The van der Waals surface area contributed by atoms with E-state index in [1.807, 2.05) is 0 Å². The van der Waals surface area contributed by atoms with Crippen molar-refractivity contribution in [3.05, 3.63) is 35.4 Å². The van der Waals surface area contributed by atoms with Gasteiger partial charge in [-0.05, 0) is 37.6 Å². The van der Waals surface area contributed by atoms with E-state index in [4.69, 9.17) is 5.73 Å². The highest BCUT2D eigenvalue weighted by Gasteiger charge is 2.10. The van der Waals surface area contributed by atoms with E-state index in [1.165, 1.54) is 36.8 Å². The van der Waals surface area contributed by atoms with E-state index in [2.05, 4.69) is 53.0 Å². The van der Waals surface area contributed by atoms with Crippen molar-refractivity contribution >= 4 is 29.9 Å². The highest BCUT2D eigenvalue weighted by molar-refractivity contribution is 14.0. The summed E-state index contributed by atoms with van der Waals surface area (Å²) in [6, 6.07) is 8.67. The van der Waals surface area contributed by atoms with Gasteiger partial charge in [-0.3, -0.25) is 0 Å². The summed E-state index contributed by atoms with van der Waals surface area (Å²) in [5, 5.41) is 0. The van der Waals surface area contributed by atoms with Crippen LogP contribution in [0, 0.1) is 0 Å². The third-order valence-corrected chi connectivity index (χ3v) is 4.34. The molecule has 0 aliphatic carbocycles. The van der Waals surface area contributed by atoms with Gasteiger partial charge in [-0.1, -0.05) is 44.0 Å². The molecule has 0 aromatic heterocycles. The maximum Gasteiger partial charge on any atom is 0.191 e. The predicted molar refractivity (Wildman–Crippen MR) is 109 cm³/mol. The second kappa shape index (κ2) is 10.9. The van der Waals surface area contributed by atoms with Crippen molar-refractivity contribution in [2.75, 3.05) is 26.7 Å². The van der Waals surface area contributed by atoms with Crippen molar-refractivity contribution in [2.45, 2.75) is 45.7 Å². The lowest BCUT2D eigenvalue weighted by Crippen LogP contribution is -2.38. The lowest BCUT2D eigenvalue weighted by molar-refractivity contribution is 0.345. The van der Waals surface area contributed by atoms with Crippen LogP contribution in [0.15, 0.2) is 29.3 Å². The van der Waals surface area contributed by atoms with Gasteiger partial charge < -0.3 is 15.5 Å². The molecule has 0 atom stereocenters. The molecule has 0 spiro atoms. The maximum absolute atomic E-state index is 6.17. The quantitative estimate of drug-likeness (QED) is 0.442. The first kappa shape index (κ1) is 20.2. The van der Waals surface area contributed by atoms with Crippen LogP contribution in [-0.2, 0) is 13.1 Å². The van der Waals surface area contributed by atoms with Crippen LogP contribution >= 0.6 is 24.0 Å². The number of nitrogens with zero attached hydrogens (tertiary/aromatic N) is 3. The molecule has 130 valence electrons. The predicted octanol–water partition coefficient (Wildman–Crippen LogP) is 3.45. The zero-order valence-electron chi connectivity index (χ0n) is 14.5. The van der Waals surface area contributed by atoms with Gasteiger partial charge in [0.2, 0.25) is 0 Å². The van der Waals surface area contributed by atoms with Crippen LogP contribution in [0.5, 0.6) is 0 Å². The lowest BCUT2D eigenvalue weighted by Gasteiger charge is -2.21. The van der Waals surface area contributed by atoms with Gasteiger partial charge in [0, 0.05) is 19.6 Å². The molecule has 1 heterocycles. The fraction of sp³-hybridized carbons (Fsp3) is 0.611. The number of hydrogen-bond donors (Lipinski definition) is 1. The van der Waals surface area contributed by atoms with Crippen LogP contribution in [-0.4, -0.2) is 42.4 Å². The van der Waals surface area contributed by atoms with E-state index < -0.39 is 0 Å². The second-order valence-electron chi connectivity index (χ2n) is 6.23. The van der Waals surface area contributed by atoms with Gasteiger partial charge in [0.25, 0.3) is 0 Å². The van der Waals surface area contributed by atoms with Crippen LogP contribution in [0.1, 0.15) is 43.7 Å². The number of benzene rings is 1. The molecule has 1 aliphatic rings. The number of guanidine groups is 1. The monoisotopic (exact) mass is 430 g/mol. The van der Waals surface area contributed by atoms with Crippen LogP contribution in [0.4, 0.5) is 0 Å². The number of nitrogens with two attached hydrogens (primary N) is 1. The minimum atomic E-state index is 0. The highest BCUT2D eigenvalue weighted by atomic mass is 127. The van der Waals surface area contributed by atoms with E-state index in [9.17, 15) is 0 Å². The molecule has 1 aliphatic heterocycles. The molecule has 2 rings (SSSR count). The second-order valence-corrected chi connectivity index (χ2v) is 6.23. The van der Waals surface area contributed by atoms with Crippen LogP contribution < -0.4 is 5.73 Å². The zero-order chi connectivity index (χ0) is 15.8. The summed E-state index contributed by atoms with van der Waals surface area (Å²) in [7, 11) is 2.14. The van der Waals surface area contributed by atoms with Gasteiger partial charge in [-0.25, -0.2) is 4.99 Å². The first-order chi connectivity index (χ1) is 10.7. The van der Waals surface area contributed by atoms with E-state index in [-0.39, 0.29) is 24.0 Å². The molecule has 0 amide bonds. The van der Waals surface area contributed by atoms with E-state index in [1.54, 1.807) is 0 Å². The fourth-order valence-electron chi connectivity index (χ4n) is 2.82. The molecule has 0 bridgehead atoms. The summed E-state index contributed by atoms with van der Waals surface area (Å²) in [5.41, 5.74) is 8.75. The van der Waals surface area contributed by atoms with Crippen molar-refractivity contribution in [1.29, 1.82) is 0 Å². The summed E-state index contributed by atoms with van der Waals surface area (Å²) < 4.78 is 0. The van der Waals surface area contributed by atoms with E-state index in [0.717, 1.165) is 26.2 Å². The fourth-order valence-corrected chi connectivity index (χ4v) is 2.82. The van der Waals surface area contributed by atoms with Gasteiger partial charge in [0.1, 0.15) is 0 Å². The summed E-state index contributed by atoms with van der Waals surface area (Å²) >= 11 is 0. The number of aliphatic imine (C=N–C) groups is 1. The first-order valence-corrected chi connectivity index (χ1v) is 8.50. The Morgan fingerprint density at radius 1 is 1.17 bits per heavy atom. The molecular weight excluding hydrogens is 399 g/mol. The SMILES string of the molecule is CCN(C)Cc1cccc(CN=C(N)N2CCCCCC2)c1.I.